The molecule has 2 unspecified atom stereocenters. The summed E-state index contributed by atoms with van der Waals surface area (Å²) in [7, 11) is 3.40. The number of carbonyl (C=O) groups excluding carboxylic acids is 1. The number of nitrogens with one attached hydrogen (secondary N) is 1. The predicted molar refractivity (Wildman–Crippen MR) is 85.2 cm³/mol. The van der Waals surface area contributed by atoms with Gasteiger partial charge in [0.1, 0.15) is 5.54 Å². The van der Waals surface area contributed by atoms with E-state index in [1.165, 1.54) is 39.3 Å². The quantitative estimate of drug-likeness (QED) is 0.733. The molecule has 4 nitrogen and oxygen atoms in total. The van der Waals surface area contributed by atoms with Crippen molar-refractivity contribution in [2.24, 2.45) is 5.92 Å². The lowest BCUT2D eigenvalue weighted by Gasteiger charge is -2.43. The Bertz CT molecular complexity index is 355. The Morgan fingerprint density at radius 1 is 1.33 bits per heavy atom. The van der Waals surface area contributed by atoms with Gasteiger partial charge in [0.25, 0.3) is 0 Å². The molecule has 0 aromatic rings. The summed E-state index contributed by atoms with van der Waals surface area (Å²) in [6.45, 7) is 5.75. The van der Waals surface area contributed by atoms with Gasteiger partial charge in [-0.25, -0.2) is 0 Å². The molecule has 21 heavy (non-hydrogen) atoms. The number of ether oxygens (including phenoxy) is 1. The van der Waals surface area contributed by atoms with Gasteiger partial charge in [0.05, 0.1) is 7.11 Å². The van der Waals surface area contributed by atoms with E-state index in [-0.39, 0.29) is 5.97 Å². The molecule has 0 spiro atoms. The smallest absolute Gasteiger partial charge is 0.326 e. The van der Waals surface area contributed by atoms with Crippen LogP contribution in [0.15, 0.2) is 0 Å². The topological polar surface area (TPSA) is 41.6 Å². The second-order valence-electron chi connectivity index (χ2n) is 7.23. The molecule has 2 aliphatic carbocycles. The summed E-state index contributed by atoms with van der Waals surface area (Å²) >= 11 is 0. The second kappa shape index (κ2) is 7.10. The Balaban J connectivity index is 2.04. The number of hydrogen-bond donors (Lipinski definition) is 1. The Morgan fingerprint density at radius 2 is 2.05 bits per heavy atom. The molecule has 2 aliphatic rings. The Hall–Kier alpha value is -0.610. The molecule has 0 bridgehead atoms. The Morgan fingerprint density at radius 3 is 2.57 bits per heavy atom. The van der Waals surface area contributed by atoms with Gasteiger partial charge in [-0.05, 0) is 64.5 Å². The van der Waals surface area contributed by atoms with E-state index < -0.39 is 5.54 Å². The van der Waals surface area contributed by atoms with Gasteiger partial charge >= 0.3 is 5.97 Å². The van der Waals surface area contributed by atoms with Gasteiger partial charge < -0.3 is 10.1 Å². The van der Waals surface area contributed by atoms with Gasteiger partial charge in [-0.15, -0.1) is 0 Å². The van der Waals surface area contributed by atoms with Crippen molar-refractivity contribution in [2.45, 2.75) is 76.4 Å². The van der Waals surface area contributed by atoms with E-state index in [2.05, 4.69) is 24.1 Å². The molecule has 0 radical (unpaired) electrons. The highest BCUT2D eigenvalue weighted by Gasteiger charge is 2.46. The van der Waals surface area contributed by atoms with Crippen LogP contribution >= 0.6 is 0 Å². The molecular formula is C17H32N2O2. The third-order valence-electron chi connectivity index (χ3n) is 5.23. The molecule has 2 saturated carbocycles. The van der Waals surface area contributed by atoms with Crippen LogP contribution in [0.2, 0.25) is 0 Å². The van der Waals surface area contributed by atoms with Crippen molar-refractivity contribution in [1.29, 1.82) is 0 Å². The van der Waals surface area contributed by atoms with Crippen molar-refractivity contribution in [1.82, 2.24) is 10.2 Å². The first-order valence-corrected chi connectivity index (χ1v) is 8.55. The van der Waals surface area contributed by atoms with E-state index in [1.807, 2.05) is 7.05 Å². The predicted octanol–water partition coefficient (Wildman–Crippen LogP) is 2.57. The van der Waals surface area contributed by atoms with Gasteiger partial charge in [0, 0.05) is 12.1 Å². The number of rotatable bonds is 7. The molecule has 0 aliphatic heterocycles. The average molecular weight is 296 g/mol. The molecule has 0 saturated heterocycles. The first-order valence-electron chi connectivity index (χ1n) is 8.55. The lowest BCUT2D eigenvalue weighted by Crippen LogP contribution is -2.58. The molecule has 2 rings (SSSR count). The minimum Gasteiger partial charge on any atom is -0.468 e. The summed E-state index contributed by atoms with van der Waals surface area (Å²) in [5, 5.41) is 3.28. The Labute approximate surface area is 129 Å². The summed E-state index contributed by atoms with van der Waals surface area (Å²) in [4.78, 5) is 14.9. The molecule has 0 amide bonds. The second-order valence-corrected chi connectivity index (χ2v) is 7.23. The van der Waals surface area contributed by atoms with Crippen molar-refractivity contribution in [3.63, 3.8) is 0 Å². The van der Waals surface area contributed by atoms with E-state index >= 15 is 0 Å². The van der Waals surface area contributed by atoms with Crippen molar-refractivity contribution in [3.05, 3.63) is 0 Å². The van der Waals surface area contributed by atoms with Crippen molar-refractivity contribution in [2.75, 3.05) is 20.7 Å². The highest BCUT2D eigenvalue weighted by atomic mass is 16.5. The van der Waals surface area contributed by atoms with Crippen molar-refractivity contribution in [3.8, 4) is 0 Å². The Kier molecular flexibility index (Phi) is 5.67. The maximum Gasteiger partial charge on any atom is 0.326 e. The molecule has 122 valence electrons. The molecule has 4 heteroatoms. The molecule has 0 heterocycles. The first-order chi connectivity index (χ1) is 10.0. The third kappa shape index (κ3) is 3.98. The van der Waals surface area contributed by atoms with E-state index in [4.69, 9.17) is 4.74 Å². The van der Waals surface area contributed by atoms with Crippen LogP contribution in [0.5, 0.6) is 0 Å². The van der Waals surface area contributed by atoms with Gasteiger partial charge in [-0.1, -0.05) is 13.8 Å². The molecular weight excluding hydrogens is 264 g/mol. The molecule has 0 aromatic carbocycles. The molecule has 0 aromatic heterocycles. The first kappa shape index (κ1) is 16.8. The molecule has 1 N–H and O–H groups in total. The standard InChI is InChI=1S/C17H32N2O2/c1-13(2)9-11-19(14-7-8-14)15-6-5-10-17(12-15,18-3)16(20)21-4/h13-15,18H,5-12H2,1-4H3. The van der Waals surface area contributed by atoms with Crippen LogP contribution in [0.25, 0.3) is 0 Å². The molecule has 2 fully saturated rings. The number of esters is 1. The van der Waals surface area contributed by atoms with Crippen LogP contribution in [0.3, 0.4) is 0 Å². The van der Waals surface area contributed by atoms with Gasteiger partial charge in [-0.3, -0.25) is 9.69 Å². The largest absolute Gasteiger partial charge is 0.468 e. The van der Waals surface area contributed by atoms with E-state index in [9.17, 15) is 4.79 Å². The SMILES string of the molecule is CNC1(C(=O)OC)CCCC(N(CCC(C)C)C2CC2)C1. The highest BCUT2D eigenvalue weighted by Crippen LogP contribution is 2.37. The summed E-state index contributed by atoms with van der Waals surface area (Å²) in [6.07, 6.45) is 8.02. The maximum absolute atomic E-state index is 12.2. The van der Waals surface area contributed by atoms with Crippen LogP contribution < -0.4 is 5.32 Å². The lowest BCUT2D eigenvalue weighted by atomic mass is 9.78. The lowest BCUT2D eigenvalue weighted by molar-refractivity contribution is -0.151. The highest BCUT2D eigenvalue weighted by molar-refractivity contribution is 5.81. The maximum atomic E-state index is 12.2. The fourth-order valence-corrected chi connectivity index (χ4v) is 3.72. The number of carbonyl (C=O) groups is 1. The number of nitrogens with zero attached hydrogens (tertiary/aromatic N) is 1. The van der Waals surface area contributed by atoms with E-state index in [0.717, 1.165) is 31.2 Å². The van der Waals surface area contributed by atoms with Gasteiger partial charge in [0.15, 0.2) is 0 Å². The fraction of sp³-hybridized carbons (Fsp3) is 0.941. The minimum atomic E-state index is -0.470. The zero-order valence-electron chi connectivity index (χ0n) is 14.2. The van der Waals surface area contributed by atoms with Gasteiger partial charge in [-0.2, -0.15) is 0 Å². The van der Waals surface area contributed by atoms with E-state index in [1.54, 1.807) is 0 Å². The fourth-order valence-electron chi connectivity index (χ4n) is 3.72. The summed E-state index contributed by atoms with van der Waals surface area (Å²) in [5.74, 6) is 0.652. The normalized spacial score (nSPS) is 29.9. The van der Waals surface area contributed by atoms with Crippen LogP contribution in [-0.4, -0.2) is 49.2 Å². The minimum absolute atomic E-state index is 0.0886. The average Bonchev–Trinajstić information content (AvgIpc) is 3.31. The van der Waals surface area contributed by atoms with Crippen LogP contribution in [0.4, 0.5) is 0 Å². The summed E-state index contributed by atoms with van der Waals surface area (Å²) in [6, 6.07) is 1.29. The number of likely N-dealkylation sites (N-methyl/N-ethyl adjacent to an activating group) is 1. The van der Waals surface area contributed by atoms with Crippen LogP contribution in [-0.2, 0) is 9.53 Å². The van der Waals surface area contributed by atoms with Crippen LogP contribution in [0, 0.1) is 5.92 Å². The monoisotopic (exact) mass is 296 g/mol. The third-order valence-corrected chi connectivity index (χ3v) is 5.23. The molecule has 2 atom stereocenters. The van der Waals surface area contributed by atoms with Crippen molar-refractivity contribution < 1.29 is 9.53 Å². The van der Waals surface area contributed by atoms with Gasteiger partial charge in [0.2, 0.25) is 0 Å². The van der Waals surface area contributed by atoms with E-state index in [0.29, 0.717) is 6.04 Å². The van der Waals surface area contributed by atoms with Crippen molar-refractivity contribution >= 4 is 5.97 Å². The zero-order chi connectivity index (χ0) is 15.5. The summed E-state index contributed by atoms with van der Waals surface area (Å²) < 4.78 is 5.07. The summed E-state index contributed by atoms with van der Waals surface area (Å²) in [5.41, 5.74) is -0.470. The number of hydrogen-bond acceptors (Lipinski definition) is 4. The van der Waals surface area contributed by atoms with Crippen LogP contribution in [0.1, 0.15) is 58.8 Å². The number of methoxy groups -OCH3 is 1. The zero-order valence-corrected chi connectivity index (χ0v) is 14.2.